The lowest BCUT2D eigenvalue weighted by Gasteiger charge is -2.04. The first kappa shape index (κ1) is 9.50. The molecule has 0 aliphatic heterocycles. The number of anilines is 1. The molecule has 0 amide bonds. The molecule has 2 rings (SSSR count). The number of hydrogen-bond acceptors (Lipinski definition) is 6. The minimum absolute atomic E-state index is 0.169. The Labute approximate surface area is 86.3 Å². The van der Waals surface area contributed by atoms with Gasteiger partial charge in [-0.3, -0.25) is 0 Å². The topological polar surface area (TPSA) is 90.9 Å². The van der Waals surface area contributed by atoms with Crippen LogP contribution in [0.4, 0.5) is 5.95 Å². The van der Waals surface area contributed by atoms with Crippen LogP contribution in [0.15, 0.2) is 6.33 Å². The molecule has 0 atom stereocenters. The Hall–Kier alpha value is -2.05. The molecule has 80 valence electrons. The number of fused-ring (bicyclic) bond motifs is 1. The molecule has 15 heavy (non-hydrogen) atoms. The molecule has 0 spiro atoms. The second-order valence-electron chi connectivity index (χ2n) is 2.83. The summed E-state index contributed by atoms with van der Waals surface area (Å²) in [6, 6.07) is 0. The van der Waals surface area contributed by atoms with Crippen molar-refractivity contribution in [2.45, 2.75) is 6.92 Å². The van der Waals surface area contributed by atoms with Crippen LogP contribution in [0.1, 0.15) is 6.92 Å². The Morgan fingerprint density at radius 3 is 3.00 bits per heavy atom. The summed E-state index contributed by atoms with van der Waals surface area (Å²) in [6.07, 6.45) is 1.60. The van der Waals surface area contributed by atoms with Gasteiger partial charge in [-0.1, -0.05) is 0 Å². The average molecular weight is 208 g/mol. The molecule has 7 nitrogen and oxygen atoms in total. The Balaban J connectivity index is 2.65. The van der Waals surface area contributed by atoms with E-state index >= 15 is 0 Å². The fourth-order valence-electron chi connectivity index (χ4n) is 1.29. The van der Waals surface area contributed by atoms with Crippen molar-refractivity contribution in [1.29, 1.82) is 0 Å². The summed E-state index contributed by atoms with van der Waals surface area (Å²) in [6.45, 7) is 2.39. The van der Waals surface area contributed by atoms with E-state index in [1.807, 2.05) is 6.92 Å². The highest BCUT2D eigenvalue weighted by Crippen LogP contribution is 2.20. The quantitative estimate of drug-likeness (QED) is 0.736. The largest absolute Gasteiger partial charge is 0.476 e. The first-order valence-electron chi connectivity index (χ1n) is 4.57. The average Bonchev–Trinajstić information content (AvgIpc) is 2.61. The van der Waals surface area contributed by atoms with Crippen molar-refractivity contribution in [3.05, 3.63) is 6.33 Å². The summed E-state index contributed by atoms with van der Waals surface area (Å²) >= 11 is 0. The Kier molecular flexibility index (Phi) is 2.28. The highest BCUT2D eigenvalue weighted by molar-refractivity contribution is 5.77. The van der Waals surface area contributed by atoms with Crippen LogP contribution in [-0.4, -0.2) is 33.3 Å². The third-order valence-corrected chi connectivity index (χ3v) is 1.90. The van der Waals surface area contributed by atoms with Gasteiger partial charge in [-0.25, -0.2) is 9.66 Å². The van der Waals surface area contributed by atoms with Crippen LogP contribution in [0.5, 0.6) is 5.88 Å². The minimum atomic E-state index is 0.169. The predicted octanol–water partition coefficient (Wildman–Crippen LogP) is -0.0195. The highest BCUT2D eigenvalue weighted by Gasteiger charge is 2.12. The van der Waals surface area contributed by atoms with E-state index in [0.29, 0.717) is 23.7 Å². The van der Waals surface area contributed by atoms with Crippen LogP contribution in [0.3, 0.4) is 0 Å². The van der Waals surface area contributed by atoms with E-state index in [4.69, 9.17) is 10.5 Å². The van der Waals surface area contributed by atoms with Crippen molar-refractivity contribution in [1.82, 2.24) is 19.6 Å². The van der Waals surface area contributed by atoms with Gasteiger partial charge in [0.25, 0.3) is 0 Å². The molecule has 0 aromatic carbocycles. The Bertz CT molecular complexity index is 479. The molecule has 2 aromatic rings. The summed E-state index contributed by atoms with van der Waals surface area (Å²) < 4.78 is 6.97. The van der Waals surface area contributed by atoms with E-state index in [0.717, 1.165) is 0 Å². The standard InChI is InChI=1S/C8H12N6O/c1-3-15-7-5-6(12-8(9)13-7)14(10-2)4-11-5/h4,10H,3H2,1-2H3,(H2,9,12,13). The van der Waals surface area contributed by atoms with E-state index < -0.39 is 0 Å². The normalized spacial score (nSPS) is 10.5. The molecule has 0 saturated heterocycles. The molecular weight excluding hydrogens is 196 g/mol. The first-order chi connectivity index (χ1) is 7.26. The van der Waals surface area contributed by atoms with Gasteiger partial charge >= 0.3 is 0 Å². The lowest BCUT2D eigenvalue weighted by molar-refractivity contribution is 0.331. The molecule has 0 fully saturated rings. The van der Waals surface area contributed by atoms with E-state index in [-0.39, 0.29) is 5.95 Å². The van der Waals surface area contributed by atoms with Gasteiger partial charge in [-0.05, 0) is 6.92 Å². The first-order valence-corrected chi connectivity index (χ1v) is 4.57. The molecule has 2 aromatic heterocycles. The maximum atomic E-state index is 5.57. The summed E-state index contributed by atoms with van der Waals surface area (Å²) in [4.78, 5) is 12.2. The molecule has 7 heteroatoms. The van der Waals surface area contributed by atoms with Gasteiger partial charge in [-0.2, -0.15) is 9.97 Å². The molecule has 0 bridgehead atoms. The van der Waals surface area contributed by atoms with E-state index in [9.17, 15) is 0 Å². The maximum Gasteiger partial charge on any atom is 0.247 e. The Morgan fingerprint density at radius 2 is 2.33 bits per heavy atom. The molecule has 2 heterocycles. The zero-order valence-electron chi connectivity index (χ0n) is 8.56. The second-order valence-corrected chi connectivity index (χ2v) is 2.83. The summed E-state index contributed by atoms with van der Waals surface area (Å²) in [5.74, 6) is 0.581. The number of imidazole rings is 1. The van der Waals surface area contributed by atoms with Gasteiger partial charge in [0.05, 0.1) is 6.61 Å². The summed E-state index contributed by atoms with van der Waals surface area (Å²) in [5.41, 5.74) is 9.67. The molecule has 3 N–H and O–H groups in total. The fraction of sp³-hybridized carbons (Fsp3) is 0.375. The zero-order chi connectivity index (χ0) is 10.8. The van der Waals surface area contributed by atoms with Crippen molar-refractivity contribution in [3.63, 3.8) is 0 Å². The summed E-state index contributed by atoms with van der Waals surface area (Å²) in [5, 5.41) is 0. The van der Waals surface area contributed by atoms with Gasteiger partial charge < -0.3 is 15.9 Å². The van der Waals surface area contributed by atoms with Gasteiger partial charge in [-0.15, -0.1) is 0 Å². The molecule has 0 unspecified atom stereocenters. The highest BCUT2D eigenvalue weighted by atomic mass is 16.5. The lowest BCUT2D eigenvalue weighted by atomic mass is 10.5. The van der Waals surface area contributed by atoms with Gasteiger partial charge in [0.15, 0.2) is 11.2 Å². The van der Waals surface area contributed by atoms with E-state index in [2.05, 4.69) is 20.4 Å². The third-order valence-electron chi connectivity index (χ3n) is 1.90. The Morgan fingerprint density at radius 1 is 1.53 bits per heavy atom. The predicted molar refractivity (Wildman–Crippen MR) is 56.2 cm³/mol. The van der Waals surface area contributed by atoms with Crippen molar-refractivity contribution >= 4 is 17.1 Å². The third kappa shape index (κ3) is 1.51. The monoisotopic (exact) mass is 208 g/mol. The number of nitrogens with zero attached hydrogens (tertiary/aromatic N) is 4. The van der Waals surface area contributed by atoms with Crippen LogP contribution >= 0.6 is 0 Å². The SMILES string of the molecule is CCOc1nc(N)nc2c1ncn2NC. The van der Waals surface area contributed by atoms with Crippen LogP contribution in [0.25, 0.3) is 11.2 Å². The van der Waals surface area contributed by atoms with Crippen LogP contribution in [0, 0.1) is 0 Å². The smallest absolute Gasteiger partial charge is 0.247 e. The summed E-state index contributed by atoms with van der Waals surface area (Å²) in [7, 11) is 1.76. The van der Waals surface area contributed by atoms with Gasteiger partial charge in [0.2, 0.25) is 11.8 Å². The maximum absolute atomic E-state index is 5.57. The molecule has 0 aliphatic carbocycles. The van der Waals surface area contributed by atoms with E-state index in [1.54, 1.807) is 18.1 Å². The van der Waals surface area contributed by atoms with Crippen molar-refractivity contribution in [2.24, 2.45) is 0 Å². The van der Waals surface area contributed by atoms with Gasteiger partial charge in [0, 0.05) is 7.05 Å². The number of aromatic nitrogens is 4. The molecule has 0 radical (unpaired) electrons. The number of nitrogens with one attached hydrogen (secondary N) is 1. The molecular formula is C8H12N6O. The number of ether oxygens (including phenoxy) is 1. The molecule has 0 saturated carbocycles. The fourth-order valence-corrected chi connectivity index (χ4v) is 1.29. The van der Waals surface area contributed by atoms with Crippen LogP contribution in [0.2, 0.25) is 0 Å². The lowest BCUT2D eigenvalue weighted by Crippen LogP contribution is -2.09. The van der Waals surface area contributed by atoms with Crippen molar-refractivity contribution in [2.75, 3.05) is 24.8 Å². The van der Waals surface area contributed by atoms with Crippen molar-refractivity contribution in [3.8, 4) is 5.88 Å². The van der Waals surface area contributed by atoms with Crippen LogP contribution in [-0.2, 0) is 0 Å². The second kappa shape index (κ2) is 3.60. The number of hydrogen-bond donors (Lipinski definition) is 2. The van der Waals surface area contributed by atoms with Crippen molar-refractivity contribution < 1.29 is 4.74 Å². The number of nitrogens with two attached hydrogens (primary N) is 1. The van der Waals surface area contributed by atoms with Crippen LogP contribution < -0.4 is 15.9 Å². The number of rotatable bonds is 3. The van der Waals surface area contributed by atoms with Gasteiger partial charge in [0.1, 0.15) is 6.33 Å². The minimum Gasteiger partial charge on any atom is -0.476 e. The number of nitrogen functional groups attached to an aromatic ring is 1. The molecule has 0 aliphatic rings. The zero-order valence-corrected chi connectivity index (χ0v) is 8.56. The van der Waals surface area contributed by atoms with E-state index in [1.165, 1.54) is 0 Å².